The van der Waals surface area contributed by atoms with Gasteiger partial charge in [-0.3, -0.25) is 20.1 Å². The van der Waals surface area contributed by atoms with Crippen LogP contribution in [0.5, 0.6) is 0 Å². The zero-order valence-corrected chi connectivity index (χ0v) is 17.1. The van der Waals surface area contributed by atoms with Crippen LogP contribution in [0, 0.1) is 0 Å². The molecule has 1 atom stereocenters. The average molecular weight is 439 g/mol. The number of halogens is 1. The van der Waals surface area contributed by atoms with Crippen LogP contribution < -0.4 is 11.1 Å². The molecule has 1 amide bonds. The molecule has 0 aliphatic heterocycles. The Hall–Kier alpha value is -2.57. The summed E-state index contributed by atoms with van der Waals surface area (Å²) in [5.74, 6) is -0.385. The lowest BCUT2D eigenvalue weighted by atomic mass is 9.83. The van der Waals surface area contributed by atoms with Crippen LogP contribution in [0.1, 0.15) is 23.1 Å². The number of pyridine rings is 2. The van der Waals surface area contributed by atoms with Gasteiger partial charge in [0, 0.05) is 35.8 Å². The number of primary amides is 1. The first-order chi connectivity index (χ1) is 13.6. The molecule has 144 valence electrons. The van der Waals surface area contributed by atoms with E-state index in [9.17, 15) is 4.79 Å². The molecule has 0 bridgehead atoms. The highest BCUT2D eigenvalue weighted by atomic mass is 79.9. The number of hydrogen-bond acceptors (Lipinski definition) is 4. The van der Waals surface area contributed by atoms with Gasteiger partial charge in [-0.1, -0.05) is 34.1 Å². The predicted octanol–water partition coefficient (Wildman–Crippen LogP) is 3.38. The minimum Gasteiger partial charge on any atom is -0.368 e. The van der Waals surface area contributed by atoms with Crippen LogP contribution in [0.25, 0.3) is 0 Å². The lowest BCUT2D eigenvalue weighted by Crippen LogP contribution is -2.53. The third kappa shape index (κ3) is 5.03. The second-order valence-corrected chi connectivity index (χ2v) is 7.59. The van der Waals surface area contributed by atoms with E-state index in [1.165, 1.54) is 0 Å². The largest absolute Gasteiger partial charge is 0.368 e. The molecule has 0 saturated heterocycles. The number of carbonyl (C=O) groups is 1. The Labute approximate surface area is 173 Å². The molecule has 1 aromatic carbocycles. The topological polar surface area (TPSA) is 80.9 Å². The standard InChI is InChI=1S/C22H23BrN4O/c23-20-5-1-4-19(15-20)22(21(24)28,10-6-18-3-2-11-26-16-18)27-14-9-17-7-12-25-13-8-17/h1-5,7-8,11-13,15-16,27H,6,9-10,14H2,(H2,24,28). The first kappa shape index (κ1) is 20.2. The molecule has 3 aromatic rings. The summed E-state index contributed by atoms with van der Waals surface area (Å²) in [6, 6.07) is 15.6. The Morgan fingerprint density at radius 2 is 1.82 bits per heavy atom. The van der Waals surface area contributed by atoms with Crippen LogP contribution in [-0.2, 0) is 23.2 Å². The molecule has 0 aliphatic carbocycles. The van der Waals surface area contributed by atoms with Crippen LogP contribution in [0.2, 0.25) is 0 Å². The number of nitrogens with zero attached hydrogens (tertiary/aromatic N) is 2. The zero-order chi connectivity index (χ0) is 19.8. The van der Waals surface area contributed by atoms with Crippen LogP contribution >= 0.6 is 15.9 Å². The van der Waals surface area contributed by atoms with Crippen molar-refractivity contribution in [1.82, 2.24) is 15.3 Å². The van der Waals surface area contributed by atoms with Gasteiger partial charge in [0.25, 0.3) is 0 Å². The molecule has 0 saturated carbocycles. The molecule has 1 unspecified atom stereocenters. The van der Waals surface area contributed by atoms with Crippen molar-refractivity contribution in [3.63, 3.8) is 0 Å². The summed E-state index contributed by atoms with van der Waals surface area (Å²) in [6.07, 6.45) is 9.11. The Kier molecular flexibility index (Phi) is 6.90. The lowest BCUT2D eigenvalue weighted by Gasteiger charge is -2.33. The summed E-state index contributed by atoms with van der Waals surface area (Å²) < 4.78 is 0.910. The number of amides is 1. The van der Waals surface area contributed by atoms with Crippen molar-refractivity contribution in [2.45, 2.75) is 24.8 Å². The van der Waals surface area contributed by atoms with Crippen molar-refractivity contribution >= 4 is 21.8 Å². The number of carbonyl (C=O) groups excluding carboxylic acids is 1. The van der Waals surface area contributed by atoms with Gasteiger partial charge in [-0.2, -0.15) is 0 Å². The van der Waals surface area contributed by atoms with Gasteiger partial charge < -0.3 is 5.73 Å². The number of hydrogen-bond donors (Lipinski definition) is 2. The molecule has 0 fully saturated rings. The Bertz CT molecular complexity index is 905. The van der Waals surface area contributed by atoms with Crippen LogP contribution in [0.4, 0.5) is 0 Å². The first-order valence-corrected chi connectivity index (χ1v) is 9.98. The van der Waals surface area contributed by atoms with Gasteiger partial charge in [0.15, 0.2) is 0 Å². The summed E-state index contributed by atoms with van der Waals surface area (Å²) in [5, 5.41) is 3.46. The van der Waals surface area contributed by atoms with E-state index in [4.69, 9.17) is 5.73 Å². The van der Waals surface area contributed by atoms with Gasteiger partial charge in [0.2, 0.25) is 5.91 Å². The molecule has 0 radical (unpaired) electrons. The molecular formula is C22H23BrN4O. The fourth-order valence-corrected chi connectivity index (χ4v) is 3.69. The number of rotatable bonds is 9. The number of aryl methyl sites for hydroxylation is 1. The fraction of sp³-hybridized carbons (Fsp3) is 0.227. The SMILES string of the molecule is NC(=O)C(CCc1cccnc1)(NCCc1ccncc1)c1cccc(Br)c1. The maximum atomic E-state index is 12.7. The second-order valence-electron chi connectivity index (χ2n) is 6.67. The quantitative estimate of drug-likeness (QED) is 0.536. The van der Waals surface area contributed by atoms with Gasteiger partial charge in [0.1, 0.15) is 5.54 Å². The maximum absolute atomic E-state index is 12.7. The summed E-state index contributed by atoms with van der Waals surface area (Å²) in [4.78, 5) is 20.9. The van der Waals surface area contributed by atoms with E-state index in [-0.39, 0.29) is 5.91 Å². The van der Waals surface area contributed by atoms with Gasteiger partial charge in [-0.05, 0) is 66.3 Å². The normalized spacial score (nSPS) is 13.0. The smallest absolute Gasteiger partial charge is 0.242 e. The van der Waals surface area contributed by atoms with Crippen LogP contribution in [0.3, 0.4) is 0 Å². The third-order valence-corrected chi connectivity index (χ3v) is 5.33. The third-order valence-electron chi connectivity index (χ3n) is 4.84. The summed E-state index contributed by atoms with van der Waals surface area (Å²) in [7, 11) is 0. The van der Waals surface area contributed by atoms with E-state index in [2.05, 4.69) is 31.2 Å². The molecule has 3 rings (SSSR count). The van der Waals surface area contributed by atoms with E-state index in [0.717, 1.165) is 27.6 Å². The molecular weight excluding hydrogens is 416 g/mol. The van der Waals surface area contributed by atoms with Gasteiger partial charge in [-0.15, -0.1) is 0 Å². The highest BCUT2D eigenvalue weighted by Gasteiger charge is 2.37. The minimum absolute atomic E-state index is 0.385. The second kappa shape index (κ2) is 9.57. The van der Waals surface area contributed by atoms with Crippen molar-refractivity contribution in [1.29, 1.82) is 0 Å². The van der Waals surface area contributed by atoms with Crippen LogP contribution in [-0.4, -0.2) is 22.4 Å². The molecule has 28 heavy (non-hydrogen) atoms. The number of aromatic nitrogens is 2. The summed E-state index contributed by atoms with van der Waals surface area (Å²) in [6.45, 7) is 0.618. The highest BCUT2D eigenvalue weighted by Crippen LogP contribution is 2.29. The van der Waals surface area contributed by atoms with Crippen molar-refractivity contribution < 1.29 is 4.79 Å². The molecule has 2 aromatic heterocycles. The van der Waals surface area contributed by atoms with Crippen molar-refractivity contribution in [2.24, 2.45) is 5.73 Å². The van der Waals surface area contributed by atoms with Gasteiger partial charge >= 0.3 is 0 Å². The Balaban J connectivity index is 1.85. The van der Waals surface area contributed by atoms with E-state index in [0.29, 0.717) is 19.4 Å². The molecule has 3 N–H and O–H groups in total. The Morgan fingerprint density at radius 3 is 2.50 bits per heavy atom. The lowest BCUT2D eigenvalue weighted by molar-refractivity contribution is -0.125. The minimum atomic E-state index is -0.966. The van der Waals surface area contributed by atoms with Crippen molar-refractivity contribution in [3.05, 3.63) is 94.5 Å². The monoisotopic (exact) mass is 438 g/mol. The molecule has 2 heterocycles. The number of benzene rings is 1. The average Bonchev–Trinajstić information content (AvgIpc) is 2.72. The first-order valence-electron chi connectivity index (χ1n) is 9.19. The summed E-state index contributed by atoms with van der Waals surface area (Å²) in [5.41, 5.74) is 8.07. The van der Waals surface area contributed by atoms with E-state index < -0.39 is 5.54 Å². The number of nitrogens with two attached hydrogens (primary N) is 1. The Morgan fingerprint density at radius 1 is 1.00 bits per heavy atom. The molecule has 6 heteroatoms. The summed E-state index contributed by atoms with van der Waals surface area (Å²) >= 11 is 3.51. The highest BCUT2D eigenvalue weighted by molar-refractivity contribution is 9.10. The van der Waals surface area contributed by atoms with E-state index in [1.54, 1.807) is 18.6 Å². The van der Waals surface area contributed by atoms with Crippen molar-refractivity contribution in [3.8, 4) is 0 Å². The molecule has 0 spiro atoms. The molecule has 0 aliphatic rings. The van der Waals surface area contributed by atoms with Crippen LogP contribution in [0.15, 0.2) is 77.8 Å². The van der Waals surface area contributed by atoms with Gasteiger partial charge in [-0.25, -0.2) is 0 Å². The zero-order valence-electron chi connectivity index (χ0n) is 15.5. The molecule has 5 nitrogen and oxygen atoms in total. The van der Waals surface area contributed by atoms with E-state index >= 15 is 0 Å². The number of nitrogens with one attached hydrogen (secondary N) is 1. The van der Waals surface area contributed by atoms with Crippen molar-refractivity contribution in [2.75, 3.05) is 6.54 Å². The predicted molar refractivity (Wildman–Crippen MR) is 114 cm³/mol. The maximum Gasteiger partial charge on any atom is 0.242 e. The van der Waals surface area contributed by atoms with E-state index in [1.807, 2.05) is 54.7 Å². The van der Waals surface area contributed by atoms with Gasteiger partial charge in [0.05, 0.1) is 0 Å². The fourth-order valence-electron chi connectivity index (χ4n) is 3.29.